The second kappa shape index (κ2) is 9.88. The average Bonchev–Trinajstić information content (AvgIpc) is 3.13. The maximum atomic E-state index is 12.4. The van der Waals surface area contributed by atoms with Crippen LogP contribution in [0.1, 0.15) is 27.3 Å². The number of hydrogen-bond donors (Lipinski definition) is 1. The molecule has 0 aliphatic rings. The molecule has 4 rings (SSSR count). The number of amides is 1. The summed E-state index contributed by atoms with van der Waals surface area (Å²) in [5.41, 5.74) is 4.85. The third kappa shape index (κ3) is 5.11. The van der Waals surface area contributed by atoms with Gasteiger partial charge in [0, 0.05) is 23.6 Å². The SMILES string of the molecule is Cc1ccc(C)c(OCCn2c(CCNC(=O)c3cccc(Cl)c3)nc3ccccc32)c1. The molecule has 1 heterocycles. The van der Waals surface area contributed by atoms with Gasteiger partial charge >= 0.3 is 0 Å². The number of benzene rings is 3. The molecule has 1 amide bonds. The van der Waals surface area contributed by atoms with E-state index in [4.69, 9.17) is 21.3 Å². The lowest BCUT2D eigenvalue weighted by Gasteiger charge is -2.13. The number of para-hydroxylation sites is 2. The fourth-order valence-corrected chi connectivity index (χ4v) is 3.89. The van der Waals surface area contributed by atoms with Crippen LogP contribution in [0.2, 0.25) is 5.02 Å². The zero-order chi connectivity index (χ0) is 22.5. The van der Waals surface area contributed by atoms with Gasteiger partial charge in [0.05, 0.1) is 17.6 Å². The number of aromatic nitrogens is 2. The minimum absolute atomic E-state index is 0.145. The molecule has 0 saturated heterocycles. The lowest BCUT2D eigenvalue weighted by Crippen LogP contribution is -2.26. The van der Waals surface area contributed by atoms with Crippen molar-refractivity contribution in [2.75, 3.05) is 13.2 Å². The third-order valence-electron chi connectivity index (χ3n) is 5.37. The number of carbonyl (C=O) groups excluding carboxylic acids is 1. The molecule has 4 aromatic rings. The van der Waals surface area contributed by atoms with E-state index in [0.29, 0.717) is 36.7 Å². The Morgan fingerprint density at radius 2 is 1.91 bits per heavy atom. The van der Waals surface area contributed by atoms with Crippen LogP contribution in [0.5, 0.6) is 5.75 Å². The summed E-state index contributed by atoms with van der Waals surface area (Å²) in [6.07, 6.45) is 0.616. The quantitative estimate of drug-likeness (QED) is 0.395. The van der Waals surface area contributed by atoms with Crippen LogP contribution in [-0.4, -0.2) is 28.6 Å². The first-order valence-corrected chi connectivity index (χ1v) is 11.1. The van der Waals surface area contributed by atoms with Gasteiger partial charge < -0.3 is 14.6 Å². The van der Waals surface area contributed by atoms with E-state index in [2.05, 4.69) is 48.0 Å². The highest BCUT2D eigenvalue weighted by Crippen LogP contribution is 2.20. The summed E-state index contributed by atoms with van der Waals surface area (Å²) in [4.78, 5) is 17.2. The number of rotatable bonds is 8. The van der Waals surface area contributed by atoms with Crippen LogP contribution >= 0.6 is 11.6 Å². The Bertz CT molecular complexity index is 1250. The second-order valence-corrected chi connectivity index (χ2v) is 8.24. The smallest absolute Gasteiger partial charge is 0.251 e. The van der Waals surface area contributed by atoms with Crippen LogP contribution in [0, 0.1) is 13.8 Å². The maximum absolute atomic E-state index is 12.4. The van der Waals surface area contributed by atoms with Gasteiger partial charge in [-0.25, -0.2) is 4.98 Å². The molecule has 32 heavy (non-hydrogen) atoms. The van der Waals surface area contributed by atoms with Crippen molar-refractivity contribution in [1.29, 1.82) is 0 Å². The highest BCUT2D eigenvalue weighted by atomic mass is 35.5. The molecule has 6 heteroatoms. The highest BCUT2D eigenvalue weighted by Gasteiger charge is 2.12. The van der Waals surface area contributed by atoms with Crippen LogP contribution in [0.25, 0.3) is 11.0 Å². The van der Waals surface area contributed by atoms with E-state index >= 15 is 0 Å². The van der Waals surface area contributed by atoms with E-state index in [1.165, 1.54) is 5.56 Å². The van der Waals surface area contributed by atoms with Crippen molar-refractivity contribution >= 4 is 28.5 Å². The molecule has 0 radical (unpaired) electrons. The van der Waals surface area contributed by atoms with Crippen LogP contribution in [-0.2, 0) is 13.0 Å². The summed E-state index contributed by atoms with van der Waals surface area (Å²) in [6.45, 7) is 5.80. The Hall–Kier alpha value is -3.31. The molecular weight excluding hydrogens is 422 g/mol. The van der Waals surface area contributed by atoms with Crippen molar-refractivity contribution in [3.8, 4) is 5.75 Å². The minimum Gasteiger partial charge on any atom is -0.491 e. The largest absolute Gasteiger partial charge is 0.491 e. The van der Waals surface area contributed by atoms with Gasteiger partial charge in [0.2, 0.25) is 0 Å². The average molecular weight is 448 g/mol. The van der Waals surface area contributed by atoms with Gasteiger partial charge in [0.1, 0.15) is 18.2 Å². The number of aryl methyl sites for hydroxylation is 2. The first-order valence-electron chi connectivity index (χ1n) is 10.7. The fraction of sp³-hybridized carbons (Fsp3) is 0.231. The second-order valence-electron chi connectivity index (χ2n) is 7.80. The van der Waals surface area contributed by atoms with Gasteiger partial charge in [-0.3, -0.25) is 4.79 Å². The molecule has 1 N–H and O–H groups in total. The summed E-state index contributed by atoms with van der Waals surface area (Å²) in [7, 11) is 0. The van der Waals surface area contributed by atoms with Crippen molar-refractivity contribution in [2.24, 2.45) is 0 Å². The molecule has 0 spiro atoms. The van der Waals surface area contributed by atoms with Crippen molar-refractivity contribution < 1.29 is 9.53 Å². The molecule has 164 valence electrons. The molecular formula is C26H26ClN3O2. The summed E-state index contributed by atoms with van der Waals surface area (Å²) >= 11 is 5.99. The lowest BCUT2D eigenvalue weighted by atomic mass is 10.1. The van der Waals surface area contributed by atoms with Gasteiger partial charge in [0.25, 0.3) is 5.91 Å². The van der Waals surface area contributed by atoms with Crippen LogP contribution in [0.15, 0.2) is 66.7 Å². The van der Waals surface area contributed by atoms with E-state index < -0.39 is 0 Å². The number of halogens is 1. The summed E-state index contributed by atoms with van der Waals surface area (Å²) < 4.78 is 8.25. The van der Waals surface area contributed by atoms with E-state index in [1.54, 1.807) is 24.3 Å². The summed E-state index contributed by atoms with van der Waals surface area (Å²) in [6, 6.07) is 21.2. The minimum atomic E-state index is -0.145. The van der Waals surface area contributed by atoms with Gasteiger partial charge in [0.15, 0.2) is 0 Å². The number of hydrogen-bond acceptors (Lipinski definition) is 3. The number of nitrogens with one attached hydrogen (secondary N) is 1. The zero-order valence-electron chi connectivity index (χ0n) is 18.3. The Kier molecular flexibility index (Phi) is 6.76. The molecule has 0 unspecified atom stereocenters. The van der Waals surface area contributed by atoms with E-state index in [1.807, 2.05) is 18.2 Å². The molecule has 0 fully saturated rings. The Morgan fingerprint density at radius 1 is 1.06 bits per heavy atom. The molecule has 0 aliphatic carbocycles. The maximum Gasteiger partial charge on any atom is 0.251 e. The first-order chi connectivity index (χ1) is 15.5. The summed E-state index contributed by atoms with van der Waals surface area (Å²) in [5.74, 6) is 1.68. The first kappa shape index (κ1) is 21.9. The Morgan fingerprint density at radius 3 is 2.75 bits per heavy atom. The monoisotopic (exact) mass is 447 g/mol. The number of fused-ring (bicyclic) bond motifs is 1. The predicted octanol–water partition coefficient (Wildman–Crippen LogP) is 5.36. The number of ether oxygens (including phenoxy) is 1. The molecule has 1 aromatic heterocycles. The topological polar surface area (TPSA) is 56.1 Å². The normalized spacial score (nSPS) is 11.0. The van der Waals surface area contributed by atoms with Crippen molar-refractivity contribution in [2.45, 2.75) is 26.8 Å². The molecule has 0 atom stereocenters. The highest BCUT2D eigenvalue weighted by molar-refractivity contribution is 6.30. The Labute approximate surface area is 193 Å². The van der Waals surface area contributed by atoms with Gasteiger partial charge in [-0.15, -0.1) is 0 Å². The number of carbonyl (C=O) groups is 1. The molecule has 0 aliphatic heterocycles. The van der Waals surface area contributed by atoms with Gasteiger partial charge in [-0.2, -0.15) is 0 Å². The van der Waals surface area contributed by atoms with Crippen molar-refractivity contribution in [1.82, 2.24) is 14.9 Å². The van der Waals surface area contributed by atoms with E-state index in [9.17, 15) is 4.79 Å². The standard InChI is InChI=1S/C26H26ClN3O2/c1-18-10-11-19(2)24(16-18)32-15-14-30-23-9-4-3-8-22(23)29-25(30)12-13-28-26(31)20-6-5-7-21(27)17-20/h3-11,16-17H,12-15H2,1-2H3,(H,28,31). The zero-order valence-corrected chi connectivity index (χ0v) is 19.0. The Balaban J connectivity index is 1.44. The van der Waals surface area contributed by atoms with Gasteiger partial charge in [-0.05, 0) is 61.4 Å². The van der Waals surface area contributed by atoms with E-state index in [0.717, 1.165) is 28.2 Å². The van der Waals surface area contributed by atoms with Gasteiger partial charge in [-0.1, -0.05) is 41.9 Å². The number of nitrogens with zero attached hydrogens (tertiary/aromatic N) is 2. The number of imidazole rings is 1. The third-order valence-corrected chi connectivity index (χ3v) is 5.61. The van der Waals surface area contributed by atoms with Crippen LogP contribution in [0.3, 0.4) is 0 Å². The molecule has 5 nitrogen and oxygen atoms in total. The van der Waals surface area contributed by atoms with Crippen LogP contribution < -0.4 is 10.1 Å². The van der Waals surface area contributed by atoms with E-state index in [-0.39, 0.29) is 5.91 Å². The summed E-state index contributed by atoms with van der Waals surface area (Å²) in [5, 5.41) is 3.50. The lowest BCUT2D eigenvalue weighted by molar-refractivity contribution is 0.0954. The molecule has 0 bridgehead atoms. The van der Waals surface area contributed by atoms with Crippen molar-refractivity contribution in [3.63, 3.8) is 0 Å². The fourth-order valence-electron chi connectivity index (χ4n) is 3.70. The molecule has 0 saturated carbocycles. The predicted molar refractivity (Wildman–Crippen MR) is 129 cm³/mol. The van der Waals surface area contributed by atoms with Crippen molar-refractivity contribution in [3.05, 3.63) is 94.3 Å². The van der Waals surface area contributed by atoms with Crippen LogP contribution in [0.4, 0.5) is 0 Å². The molecule has 3 aromatic carbocycles.